The number of benzene rings is 1. The number of nitrogen functional groups attached to an aromatic ring is 1. The van der Waals surface area contributed by atoms with E-state index in [0.717, 1.165) is 23.9 Å². The van der Waals surface area contributed by atoms with E-state index in [2.05, 4.69) is 11.8 Å². The molecule has 0 bridgehead atoms. The van der Waals surface area contributed by atoms with Crippen LogP contribution in [0.5, 0.6) is 0 Å². The van der Waals surface area contributed by atoms with E-state index in [1.54, 1.807) is 0 Å². The van der Waals surface area contributed by atoms with E-state index >= 15 is 0 Å². The summed E-state index contributed by atoms with van der Waals surface area (Å²) in [4.78, 5) is 10.6. The van der Waals surface area contributed by atoms with Gasteiger partial charge in [0.25, 0.3) is 0 Å². The molecule has 0 aromatic heterocycles. The van der Waals surface area contributed by atoms with Crippen molar-refractivity contribution in [3.63, 3.8) is 0 Å². The molecule has 0 fully saturated rings. The van der Waals surface area contributed by atoms with E-state index in [1.165, 1.54) is 6.92 Å². The third-order valence-electron chi connectivity index (χ3n) is 1.84. The molecule has 90 valence electrons. The maximum absolute atomic E-state index is 13.3. The second-order valence-electron chi connectivity index (χ2n) is 3.25. The molecule has 17 heavy (non-hydrogen) atoms. The van der Waals surface area contributed by atoms with Gasteiger partial charge in [0.15, 0.2) is 5.12 Å². The Bertz CT molecular complexity index is 491. The SMILES string of the molecule is CC(=O)SCCC#Cc1cc(F)c(N)cc1F. The number of hydrogen-bond donors (Lipinski definition) is 1. The van der Waals surface area contributed by atoms with Crippen molar-refractivity contribution in [2.24, 2.45) is 0 Å². The summed E-state index contributed by atoms with van der Waals surface area (Å²) in [7, 11) is 0. The first-order valence-electron chi connectivity index (χ1n) is 4.87. The zero-order chi connectivity index (χ0) is 12.8. The first kappa shape index (κ1) is 13.5. The summed E-state index contributed by atoms with van der Waals surface area (Å²) in [6, 6.07) is 1.87. The lowest BCUT2D eigenvalue weighted by Gasteiger charge is -1.98. The van der Waals surface area contributed by atoms with E-state index in [-0.39, 0.29) is 16.4 Å². The molecule has 5 heteroatoms. The number of halogens is 2. The Labute approximate surface area is 103 Å². The van der Waals surface area contributed by atoms with Gasteiger partial charge < -0.3 is 5.73 Å². The lowest BCUT2D eigenvalue weighted by atomic mass is 10.2. The quantitative estimate of drug-likeness (QED) is 0.502. The van der Waals surface area contributed by atoms with Gasteiger partial charge in [0, 0.05) is 25.2 Å². The van der Waals surface area contributed by atoms with Crippen LogP contribution in [0, 0.1) is 23.5 Å². The second-order valence-corrected chi connectivity index (χ2v) is 4.52. The van der Waals surface area contributed by atoms with Gasteiger partial charge in [-0.15, -0.1) is 0 Å². The first-order valence-corrected chi connectivity index (χ1v) is 5.86. The Kier molecular flexibility index (Phi) is 4.98. The molecule has 0 aliphatic heterocycles. The van der Waals surface area contributed by atoms with Gasteiger partial charge in [-0.3, -0.25) is 4.79 Å². The van der Waals surface area contributed by atoms with Gasteiger partial charge in [-0.1, -0.05) is 23.6 Å². The molecule has 0 saturated heterocycles. The highest BCUT2D eigenvalue weighted by Gasteiger charge is 2.05. The lowest BCUT2D eigenvalue weighted by Crippen LogP contribution is -1.94. The molecule has 0 heterocycles. The van der Waals surface area contributed by atoms with Crippen LogP contribution in [0.25, 0.3) is 0 Å². The molecule has 0 aliphatic carbocycles. The Morgan fingerprint density at radius 3 is 2.76 bits per heavy atom. The van der Waals surface area contributed by atoms with Gasteiger partial charge in [-0.25, -0.2) is 8.78 Å². The van der Waals surface area contributed by atoms with Gasteiger partial charge in [0.2, 0.25) is 0 Å². The number of rotatable bonds is 2. The molecule has 0 aliphatic rings. The molecule has 1 aromatic carbocycles. The zero-order valence-electron chi connectivity index (χ0n) is 9.22. The van der Waals surface area contributed by atoms with Crippen LogP contribution in [-0.4, -0.2) is 10.9 Å². The summed E-state index contributed by atoms with van der Waals surface area (Å²) in [5.74, 6) is 4.40. The van der Waals surface area contributed by atoms with Crippen LogP contribution in [0.4, 0.5) is 14.5 Å². The highest BCUT2D eigenvalue weighted by molar-refractivity contribution is 8.13. The van der Waals surface area contributed by atoms with Gasteiger partial charge in [-0.05, 0) is 6.07 Å². The molecule has 0 saturated carbocycles. The van der Waals surface area contributed by atoms with Gasteiger partial charge in [-0.2, -0.15) is 0 Å². The average molecular weight is 255 g/mol. The number of thioether (sulfide) groups is 1. The highest BCUT2D eigenvalue weighted by atomic mass is 32.2. The zero-order valence-corrected chi connectivity index (χ0v) is 10.0. The van der Waals surface area contributed by atoms with E-state index in [9.17, 15) is 13.6 Å². The normalized spacial score (nSPS) is 9.59. The molecule has 1 aromatic rings. The molecule has 2 N–H and O–H groups in total. The number of carbonyl (C=O) groups excluding carboxylic acids is 1. The minimum Gasteiger partial charge on any atom is -0.396 e. The van der Waals surface area contributed by atoms with Crippen LogP contribution in [0.15, 0.2) is 12.1 Å². The number of nitrogens with two attached hydrogens (primary N) is 1. The van der Waals surface area contributed by atoms with Crippen LogP contribution < -0.4 is 5.73 Å². The summed E-state index contributed by atoms with van der Waals surface area (Å²) in [5.41, 5.74) is 4.94. The van der Waals surface area contributed by atoms with Crippen LogP contribution in [-0.2, 0) is 4.79 Å². The Morgan fingerprint density at radius 1 is 1.41 bits per heavy atom. The molecule has 0 spiro atoms. The third kappa shape index (κ3) is 4.45. The predicted molar refractivity (Wildman–Crippen MR) is 65.4 cm³/mol. The van der Waals surface area contributed by atoms with E-state index in [1.807, 2.05) is 0 Å². The summed E-state index contributed by atoms with van der Waals surface area (Å²) < 4.78 is 26.3. The molecular formula is C12H11F2NOS. The fraction of sp³-hybridized carbons (Fsp3) is 0.250. The smallest absolute Gasteiger partial charge is 0.185 e. The van der Waals surface area contributed by atoms with Crippen molar-refractivity contribution in [2.75, 3.05) is 11.5 Å². The minimum atomic E-state index is -0.686. The molecule has 0 amide bonds. The molecule has 0 atom stereocenters. The van der Waals surface area contributed by atoms with Crippen LogP contribution in [0.1, 0.15) is 18.9 Å². The number of anilines is 1. The first-order chi connectivity index (χ1) is 8.00. The topological polar surface area (TPSA) is 43.1 Å². The van der Waals surface area contributed by atoms with E-state index < -0.39 is 11.6 Å². The van der Waals surface area contributed by atoms with Crippen LogP contribution >= 0.6 is 11.8 Å². The maximum Gasteiger partial charge on any atom is 0.185 e. The van der Waals surface area contributed by atoms with E-state index in [0.29, 0.717) is 12.2 Å². The maximum atomic E-state index is 13.3. The van der Waals surface area contributed by atoms with Gasteiger partial charge in [0.05, 0.1) is 11.3 Å². The van der Waals surface area contributed by atoms with Crippen molar-refractivity contribution in [1.82, 2.24) is 0 Å². The molecule has 2 nitrogen and oxygen atoms in total. The summed E-state index contributed by atoms with van der Waals surface area (Å²) in [6.07, 6.45) is 0.440. The van der Waals surface area contributed by atoms with E-state index in [4.69, 9.17) is 5.73 Å². The van der Waals surface area contributed by atoms with Gasteiger partial charge in [0.1, 0.15) is 11.6 Å². The minimum absolute atomic E-state index is 0.0107. The van der Waals surface area contributed by atoms with Crippen molar-refractivity contribution in [2.45, 2.75) is 13.3 Å². The largest absolute Gasteiger partial charge is 0.396 e. The Balaban J connectivity index is 2.66. The van der Waals surface area contributed by atoms with Crippen molar-refractivity contribution >= 4 is 22.6 Å². The third-order valence-corrected chi connectivity index (χ3v) is 2.66. The van der Waals surface area contributed by atoms with Crippen molar-refractivity contribution in [3.05, 3.63) is 29.3 Å². The standard InChI is InChI=1S/C12H11F2NOS/c1-8(16)17-5-3-2-4-9-6-11(14)12(15)7-10(9)13/h6-7H,3,5,15H2,1H3. The second kappa shape index (κ2) is 6.26. The molecular weight excluding hydrogens is 244 g/mol. The Hall–Kier alpha value is -1.54. The highest BCUT2D eigenvalue weighted by Crippen LogP contribution is 2.15. The fourth-order valence-electron chi connectivity index (χ4n) is 1.06. The molecule has 0 unspecified atom stereocenters. The van der Waals surface area contributed by atoms with Crippen molar-refractivity contribution < 1.29 is 13.6 Å². The van der Waals surface area contributed by atoms with Crippen LogP contribution in [0.2, 0.25) is 0 Å². The summed E-state index contributed by atoms with van der Waals surface area (Å²) in [6.45, 7) is 1.47. The number of carbonyl (C=O) groups is 1. The molecule has 0 radical (unpaired) electrons. The Morgan fingerprint density at radius 2 is 2.12 bits per heavy atom. The molecule has 1 rings (SSSR count). The fourth-order valence-corrected chi connectivity index (χ4v) is 1.55. The lowest BCUT2D eigenvalue weighted by molar-refractivity contribution is -0.109. The monoisotopic (exact) mass is 255 g/mol. The average Bonchev–Trinajstić information content (AvgIpc) is 2.24. The van der Waals surface area contributed by atoms with Crippen molar-refractivity contribution in [1.29, 1.82) is 0 Å². The van der Waals surface area contributed by atoms with Crippen LogP contribution in [0.3, 0.4) is 0 Å². The van der Waals surface area contributed by atoms with Gasteiger partial charge >= 0.3 is 0 Å². The van der Waals surface area contributed by atoms with Crippen molar-refractivity contribution in [3.8, 4) is 11.8 Å². The predicted octanol–water partition coefficient (Wildman–Crippen LogP) is 2.57. The summed E-state index contributed by atoms with van der Waals surface area (Å²) in [5, 5.41) is 0.0107. The summed E-state index contributed by atoms with van der Waals surface area (Å²) >= 11 is 1.15. The number of hydrogen-bond acceptors (Lipinski definition) is 3.